The molecule has 0 aliphatic rings. The molecule has 0 bridgehead atoms. The molecular formula is C14H10Br2O. The fourth-order valence-corrected chi connectivity index (χ4v) is 2.31. The molecule has 0 aliphatic heterocycles. The summed E-state index contributed by atoms with van der Waals surface area (Å²) in [5.41, 5.74) is 2.75. The van der Waals surface area contributed by atoms with Gasteiger partial charge in [-0.2, -0.15) is 0 Å². The topological polar surface area (TPSA) is 17.1 Å². The maximum atomic E-state index is 11.6. The van der Waals surface area contributed by atoms with Gasteiger partial charge in [0.25, 0.3) is 0 Å². The molecule has 0 saturated heterocycles. The smallest absolute Gasteiger partial charge is 0.160 e. The molecule has 17 heavy (non-hydrogen) atoms. The van der Waals surface area contributed by atoms with E-state index < -0.39 is 0 Å². The number of halogens is 2. The fraction of sp³-hybridized carbons (Fsp3) is 0.0714. The van der Waals surface area contributed by atoms with E-state index in [1.165, 1.54) is 0 Å². The van der Waals surface area contributed by atoms with Gasteiger partial charge in [-0.05, 0) is 42.3 Å². The molecule has 0 saturated carbocycles. The second kappa shape index (κ2) is 5.15. The van der Waals surface area contributed by atoms with E-state index in [4.69, 9.17) is 0 Å². The molecule has 0 heterocycles. The van der Waals surface area contributed by atoms with Gasteiger partial charge in [0.15, 0.2) is 5.78 Å². The Kier molecular flexibility index (Phi) is 3.79. The maximum Gasteiger partial charge on any atom is 0.160 e. The highest BCUT2D eigenvalue weighted by atomic mass is 79.9. The molecule has 0 aliphatic carbocycles. The van der Waals surface area contributed by atoms with Crippen LogP contribution in [0.4, 0.5) is 0 Å². The average molecular weight is 354 g/mol. The first-order valence-electron chi connectivity index (χ1n) is 5.14. The summed E-state index contributed by atoms with van der Waals surface area (Å²) in [6, 6.07) is 13.7. The van der Waals surface area contributed by atoms with Gasteiger partial charge in [0.2, 0.25) is 0 Å². The van der Waals surface area contributed by atoms with Gasteiger partial charge in [-0.1, -0.05) is 50.1 Å². The van der Waals surface area contributed by atoms with Crippen LogP contribution in [0, 0.1) is 0 Å². The van der Waals surface area contributed by atoms with E-state index in [9.17, 15) is 4.79 Å². The van der Waals surface area contributed by atoms with Gasteiger partial charge in [0, 0.05) is 14.5 Å². The van der Waals surface area contributed by atoms with Crippen molar-refractivity contribution in [2.75, 3.05) is 0 Å². The zero-order chi connectivity index (χ0) is 12.4. The number of carbonyl (C=O) groups is 1. The lowest BCUT2D eigenvalue weighted by atomic mass is 9.98. The van der Waals surface area contributed by atoms with Gasteiger partial charge in [-0.25, -0.2) is 0 Å². The third kappa shape index (κ3) is 2.85. The second-order valence-electron chi connectivity index (χ2n) is 3.75. The van der Waals surface area contributed by atoms with Crippen molar-refractivity contribution >= 4 is 37.6 Å². The predicted molar refractivity (Wildman–Crippen MR) is 77.3 cm³/mol. The standard InChI is InChI=1S/C14H10Br2O/c1-9(17)14-8-12(16)6-7-13(14)10-2-4-11(15)5-3-10/h2-8H,1H3. The monoisotopic (exact) mass is 352 g/mol. The number of benzene rings is 2. The van der Waals surface area contributed by atoms with E-state index >= 15 is 0 Å². The third-order valence-electron chi connectivity index (χ3n) is 2.52. The summed E-state index contributed by atoms with van der Waals surface area (Å²) in [6.45, 7) is 1.59. The van der Waals surface area contributed by atoms with Gasteiger partial charge in [-0.3, -0.25) is 4.79 Å². The summed E-state index contributed by atoms with van der Waals surface area (Å²) in [4.78, 5) is 11.6. The summed E-state index contributed by atoms with van der Waals surface area (Å²) < 4.78 is 1.95. The van der Waals surface area contributed by atoms with Gasteiger partial charge in [-0.15, -0.1) is 0 Å². The van der Waals surface area contributed by atoms with E-state index in [1.807, 2.05) is 42.5 Å². The zero-order valence-electron chi connectivity index (χ0n) is 9.21. The normalized spacial score (nSPS) is 10.3. The lowest BCUT2D eigenvalue weighted by Crippen LogP contribution is -1.96. The molecule has 3 heteroatoms. The minimum absolute atomic E-state index is 0.0734. The number of ketones is 1. The molecule has 0 radical (unpaired) electrons. The molecule has 0 N–H and O–H groups in total. The number of rotatable bonds is 2. The van der Waals surface area contributed by atoms with Crippen LogP contribution in [-0.4, -0.2) is 5.78 Å². The van der Waals surface area contributed by atoms with Crippen LogP contribution >= 0.6 is 31.9 Å². The van der Waals surface area contributed by atoms with Crippen molar-refractivity contribution in [1.29, 1.82) is 0 Å². The lowest BCUT2D eigenvalue weighted by Gasteiger charge is -2.08. The zero-order valence-corrected chi connectivity index (χ0v) is 12.4. The Balaban J connectivity index is 2.58. The molecule has 0 atom stereocenters. The molecule has 0 aromatic heterocycles. The Morgan fingerprint density at radius 3 is 2.12 bits per heavy atom. The molecule has 2 rings (SSSR count). The van der Waals surface area contributed by atoms with E-state index in [0.29, 0.717) is 0 Å². The van der Waals surface area contributed by atoms with Crippen LogP contribution in [0.2, 0.25) is 0 Å². The molecule has 0 unspecified atom stereocenters. The van der Waals surface area contributed by atoms with Crippen LogP contribution in [0.25, 0.3) is 11.1 Å². The molecule has 2 aromatic rings. The van der Waals surface area contributed by atoms with Crippen molar-refractivity contribution in [3.8, 4) is 11.1 Å². The highest BCUT2D eigenvalue weighted by molar-refractivity contribution is 9.10. The molecule has 0 amide bonds. The highest BCUT2D eigenvalue weighted by Gasteiger charge is 2.09. The van der Waals surface area contributed by atoms with Crippen molar-refractivity contribution in [3.63, 3.8) is 0 Å². The molecular weight excluding hydrogens is 344 g/mol. The fourth-order valence-electron chi connectivity index (χ4n) is 1.69. The summed E-state index contributed by atoms with van der Waals surface area (Å²) >= 11 is 6.79. The number of carbonyl (C=O) groups excluding carboxylic acids is 1. The van der Waals surface area contributed by atoms with Gasteiger partial charge in [0.05, 0.1) is 0 Å². The summed E-state index contributed by atoms with van der Waals surface area (Å²) in [7, 11) is 0. The third-order valence-corrected chi connectivity index (χ3v) is 3.54. The van der Waals surface area contributed by atoms with E-state index in [1.54, 1.807) is 6.92 Å². The summed E-state index contributed by atoms with van der Waals surface area (Å²) in [6.07, 6.45) is 0. The van der Waals surface area contributed by atoms with Gasteiger partial charge in [0.1, 0.15) is 0 Å². The van der Waals surface area contributed by atoms with Crippen LogP contribution in [0.1, 0.15) is 17.3 Å². The number of hydrogen-bond donors (Lipinski definition) is 0. The van der Waals surface area contributed by atoms with E-state index in [-0.39, 0.29) is 5.78 Å². The van der Waals surface area contributed by atoms with Crippen LogP contribution in [-0.2, 0) is 0 Å². The van der Waals surface area contributed by atoms with Crippen molar-refractivity contribution in [3.05, 3.63) is 57.0 Å². The summed E-state index contributed by atoms with van der Waals surface area (Å²) in [5, 5.41) is 0. The van der Waals surface area contributed by atoms with E-state index in [2.05, 4.69) is 31.9 Å². The molecule has 1 nitrogen and oxygen atoms in total. The predicted octanol–water partition coefficient (Wildman–Crippen LogP) is 5.08. The maximum absolute atomic E-state index is 11.6. The second-order valence-corrected chi connectivity index (χ2v) is 5.58. The Bertz CT molecular complexity index is 559. The minimum Gasteiger partial charge on any atom is -0.294 e. The Labute approximate surface area is 117 Å². The molecule has 0 fully saturated rings. The van der Waals surface area contributed by atoms with Crippen molar-refractivity contribution < 1.29 is 4.79 Å². The van der Waals surface area contributed by atoms with Gasteiger partial charge >= 0.3 is 0 Å². The minimum atomic E-state index is 0.0734. The largest absolute Gasteiger partial charge is 0.294 e. The first kappa shape index (κ1) is 12.5. The first-order chi connectivity index (χ1) is 8.08. The van der Waals surface area contributed by atoms with E-state index in [0.717, 1.165) is 25.6 Å². The van der Waals surface area contributed by atoms with Crippen molar-refractivity contribution in [2.45, 2.75) is 6.92 Å². The van der Waals surface area contributed by atoms with Crippen molar-refractivity contribution in [2.24, 2.45) is 0 Å². The summed E-state index contributed by atoms with van der Waals surface area (Å²) in [5.74, 6) is 0.0734. The lowest BCUT2D eigenvalue weighted by molar-refractivity contribution is 0.101. The quantitative estimate of drug-likeness (QED) is 0.688. The van der Waals surface area contributed by atoms with Crippen LogP contribution in [0.15, 0.2) is 51.4 Å². The number of hydrogen-bond acceptors (Lipinski definition) is 1. The van der Waals surface area contributed by atoms with Crippen LogP contribution in [0.3, 0.4) is 0 Å². The van der Waals surface area contributed by atoms with Crippen LogP contribution in [0.5, 0.6) is 0 Å². The van der Waals surface area contributed by atoms with Crippen molar-refractivity contribution in [1.82, 2.24) is 0 Å². The number of Topliss-reactive ketones (excluding diaryl/α,β-unsaturated/α-hetero) is 1. The Morgan fingerprint density at radius 2 is 1.53 bits per heavy atom. The Hall–Kier alpha value is -0.930. The average Bonchev–Trinajstić information content (AvgIpc) is 2.30. The SMILES string of the molecule is CC(=O)c1cc(Br)ccc1-c1ccc(Br)cc1. The molecule has 2 aromatic carbocycles. The molecule has 0 spiro atoms. The molecule has 86 valence electrons. The first-order valence-corrected chi connectivity index (χ1v) is 6.73. The Morgan fingerprint density at radius 1 is 0.941 bits per heavy atom. The van der Waals surface area contributed by atoms with Crippen LogP contribution < -0.4 is 0 Å². The highest BCUT2D eigenvalue weighted by Crippen LogP contribution is 2.28. The van der Waals surface area contributed by atoms with Gasteiger partial charge < -0.3 is 0 Å².